The van der Waals surface area contributed by atoms with Gasteiger partial charge in [0.25, 0.3) is 0 Å². The van der Waals surface area contributed by atoms with Crippen LogP contribution >= 0.6 is 0 Å². The molecule has 0 saturated carbocycles. The number of piperazine rings is 1. The second-order valence-electron chi connectivity index (χ2n) is 9.30. The second-order valence-corrected chi connectivity index (χ2v) is 9.30. The van der Waals surface area contributed by atoms with Crippen LogP contribution in [0.4, 0.5) is 5.69 Å². The Morgan fingerprint density at radius 3 is 2.32 bits per heavy atom. The Morgan fingerprint density at radius 2 is 1.65 bits per heavy atom. The quantitative estimate of drug-likeness (QED) is 0.519. The van der Waals surface area contributed by atoms with E-state index in [0.717, 1.165) is 31.7 Å². The van der Waals surface area contributed by atoms with Crippen molar-refractivity contribution in [3.8, 4) is 11.5 Å². The molecule has 0 unspecified atom stereocenters. The van der Waals surface area contributed by atoms with Gasteiger partial charge in [-0.05, 0) is 47.4 Å². The van der Waals surface area contributed by atoms with Crippen LogP contribution in [0.15, 0.2) is 72.5 Å². The Labute approximate surface area is 200 Å². The number of ketones is 1. The fourth-order valence-electron chi connectivity index (χ4n) is 4.60. The summed E-state index contributed by atoms with van der Waals surface area (Å²) in [4.78, 5) is 17.7. The summed E-state index contributed by atoms with van der Waals surface area (Å²) in [5.41, 5.74) is 4.60. The van der Waals surface area contributed by atoms with Gasteiger partial charge in [0.2, 0.25) is 5.78 Å². The number of phenols is 1. The summed E-state index contributed by atoms with van der Waals surface area (Å²) >= 11 is 0. The topological polar surface area (TPSA) is 53.0 Å². The number of rotatable bonds is 5. The van der Waals surface area contributed by atoms with E-state index < -0.39 is 0 Å². The molecule has 174 valence electrons. The first-order valence-corrected chi connectivity index (χ1v) is 11.9. The number of aromatic hydroxyl groups is 1. The van der Waals surface area contributed by atoms with Crippen LogP contribution < -0.4 is 9.64 Å². The third-order valence-corrected chi connectivity index (χ3v) is 6.69. The van der Waals surface area contributed by atoms with Gasteiger partial charge in [0.15, 0.2) is 5.76 Å². The number of ether oxygens (including phenoxy) is 1. The molecule has 0 aromatic heterocycles. The smallest absolute Gasteiger partial charge is 0.231 e. The summed E-state index contributed by atoms with van der Waals surface area (Å²) in [5.74, 6) is 1.27. The largest absolute Gasteiger partial charge is 0.507 e. The van der Waals surface area contributed by atoms with Gasteiger partial charge in [0, 0.05) is 38.4 Å². The number of carbonyl (C=O) groups is 1. The van der Waals surface area contributed by atoms with E-state index in [4.69, 9.17) is 4.74 Å². The molecule has 3 aromatic rings. The molecule has 1 saturated heterocycles. The third-order valence-electron chi connectivity index (χ3n) is 6.69. The van der Waals surface area contributed by atoms with Gasteiger partial charge in [-0.3, -0.25) is 9.69 Å². The lowest BCUT2D eigenvalue weighted by Crippen LogP contribution is -2.46. The van der Waals surface area contributed by atoms with Crippen molar-refractivity contribution in [2.24, 2.45) is 0 Å². The number of phenolic OH excluding ortho intramolecular Hbond substituents is 1. The van der Waals surface area contributed by atoms with Gasteiger partial charge in [-0.2, -0.15) is 0 Å². The monoisotopic (exact) mass is 454 g/mol. The Hall–Kier alpha value is -3.57. The minimum atomic E-state index is -0.141. The summed E-state index contributed by atoms with van der Waals surface area (Å²) in [6, 6.07) is 21.9. The maximum Gasteiger partial charge on any atom is 0.231 e. The lowest BCUT2D eigenvalue weighted by atomic mass is 10.0. The highest BCUT2D eigenvalue weighted by atomic mass is 16.5. The van der Waals surface area contributed by atoms with E-state index in [1.165, 1.54) is 11.3 Å². The number of Topliss-reactive ketones (excluding diaryl/α,β-unsaturated/α-hetero) is 1. The lowest BCUT2D eigenvalue weighted by molar-refractivity contribution is 0.101. The van der Waals surface area contributed by atoms with Crippen molar-refractivity contribution in [2.45, 2.75) is 26.3 Å². The van der Waals surface area contributed by atoms with Crippen LogP contribution in [0.25, 0.3) is 6.08 Å². The lowest BCUT2D eigenvalue weighted by Gasteiger charge is -2.36. The zero-order valence-corrected chi connectivity index (χ0v) is 19.7. The van der Waals surface area contributed by atoms with Gasteiger partial charge in [0.1, 0.15) is 11.5 Å². The number of fused-ring (bicyclic) bond motifs is 1. The van der Waals surface area contributed by atoms with Crippen molar-refractivity contribution < 1.29 is 14.6 Å². The van der Waals surface area contributed by atoms with Crippen LogP contribution in [0, 0.1) is 0 Å². The Morgan fingerprint density at radius 1 is 0.941 bits per heavy atom. The summed E-state index contributed by atoms with van der Waals surface area (Å²) in [5, 5.41) is 10.6. The predicted molar refractivity (Wildman–Crippen MR) is 136 cm³/mol. The highest BCUT2D eigenvalue weighted by Crippen LogP contribution is 2.40. The first-order chi connectivity index (χ1) is 16.5. The molecule has 2 aliphatic heterocycles. The van der Waals surface area contributed by atoms with Gasteiger partial charge in [-0.1, -0.05) is 56.3 Å². The number of hydrogen-bond acceptors (Lipinski definition) is 5. The van der Waals surface area contributed by atoms with Gasteiger partial charge in [-0.15, -0.1) is 0 Å². The Balaban J connectivity index is 1.32. The number of carbonyl (C=O) groups excluding carboxylic acids is 1. The number of anilines is 1. The predicted octanol–water partition coefficient (Wildman–Crippen LogP) is 5.45. The van der Waals surface area contributed by atoms with Crippen LogP contribution in [0.2, 0.25) is 0 Å². The summed E-state index contributed by atoms with van der Waals surface area (Å²) in [6.45, 7) is 8.43. The molecule has 2 aliphatic rings. The number of benzene rings is 3. The second kappa shape index (κ2) is 9.35. The van der Waals surface area contributed by atoms with Crippen LogP contribution in [-0.2, 0) is 6.54 Å². The highest BCUT2D eigenvalue weighted by molar-refractivity contribution is 6.15. The molecular formula is C29H30N2O3. The van der Waals surface area contributed by atoms with Crippen molar-refractivity contribution in [3.63, 3.8) is 0 Å². The molecule has 0 aliphatic carbocycles. The first-order valence-electron chi connectivity index (χ1n) is 11.9. The maximum atomic E-state index is 13.0. The fourth-order valence-corrected chi connectivity index (χ4v) is 4.60. The standard InChI is InChI=1S/C29H30N2O3/c1-20(2)22-10-8-21(9-11-22)18-27-28(33)24-12-13-26(32)25(29(24)34-27)19-30-14-16-31(17-15-30)23-6-4-3-5-7-23/h3-13,18,20,32H,14-17,19H2,1-2H3/b27-18+. The van der Waals surface area contributed by atoms with E-state index in [0.29, 0.717) is 35.1 Å². The maximum absolute atomic E-state index is 13.0. The zero-order chi connectivity index (χ0) is 23.7. The first kappa shape index (κ1) is 22.2. The Kier molecular flexibility index (Phi) is 6.12. The van der Waals surface area contributed by atoms with Crippen molar-refractivity contribution >= 4 is 17.5 Å². The number of nitrogens with zero attached hydrogens (tertiary/aromatic N) is 2. The number of allylic oxidation sites excluding steroid dienone is 1. The van der Waals surface area contributed by atoms with E-state index in [2.05, 4.69) is 60.0 Å². The molecule has 5 nitrogen and oxygen atoms in total. The Bertz CT molecular complexity index is 1210. The van der Waals surface area contributed by atoms with Gasteiger partial charge in [-0.25, -0.2) is 0 Å². The average Bonchev–Trinajstić information content (AvgIpc) is 3.17. The SMILES string of the molecule is CC(C)c1ccc(/C=C2/Oc3c(ccc(O)c3CN3CCN(c4ccccc4)CC3)C2=O)cc1. The molecule has 5 rings (SSSR count). The molecule has 0 bridgehead atoms. The van der Waals surface area contributed by atoms with Gasteiger partial charge < -0.3 is 14.7 Å². The molecule has 3 aromatic carbocycles. The van der Waals surface area contributed by atoms with Crippen LogP contribution in [0.3, 0.4) is 0 Å². The van der Waals surface area contributed by atoms with Crippen LogP contribution in [-0.4, -0.2) is 42.0 Å². The number of para-hydroxylation sites is 1. The summed E-state index contributed by atoms with van der Waals surface area (Å²) in [6.07, 6.45) is 1.78. The normalized spacial score (nSPS) is 17.3. The van der Waals surface area contributed by atoms with E-state index in [1.807, 2.05) is 18.2 Å². The minimum Gasteiger partial charge on any atom is -0.507 e. The summed E-state index contributed by atoms with van der Waals surface area (Å²) in [7, 11) is 0. The van der Waals surface area contributed by atoms with Gasteiger partial charge in [0.05, 0.1) is 11.1 Å². The molecule has 0 amide bonds. The number of hydrogen-bond donors (Lipinski definition) is 1. The molecule has 0 spiro atoms. The highest BCUT2D eigenvalue weighted by Gasteiger charge is 2.32. The van der Waals surface area contributed by atoms with Crippen molar-refractivity contribution in [3.05, 3.63) is 94.7 Å². The van der Waals surface area contributed by atoms with Crippen molar-refractivity contribution in [1.82, 2.24) is 4.90 Å². The third kappa shape index (κ3) is 4.44. The van der Waals surface area contributed by atoms with E-state index >= 15 is 0 Å². The fraction of sp³-hybridized carbons (Fsp3) is 0.276. The zero-order valence-electron chi connectivity index (χ0n) is 19.7. The van der Waals surface area contributed by atoms with E-state index in [9.17, 15) is 9.90 Å². The average molecular weight is 455 g/mol. The van der Waals surface area contributed by atoms with Crippen molar-refractivity contribution in [1.29, 1.82) is 0 Å². The molecule has 2 heterocycles. The molecule has 1 N–H and O–H groups in total. The molecule has 0 atom stereocenters. The molecule has 5 heteroatoms. The van der Waals surface area contributed by atoms with Crippen LogP contribution in [0.1, 0.15) is 46.8 Å². The molecule has 34 heavy (non-hydrogen) atoms. The van der Waals surface area contributed by atoms with Gasteiger partial charge >= 0.3 is 0 Å². The summed E-state index contributed by atoms with van der Waals surface area (Å²) < 4.78 is 6.06. The van der Waals surface area contributed by atoms with E-state index in [1.54, 1.807) is 18.2 Å². The van der Waals surface area contributed by atoms with Crippen LogP contribution in [0.5, 0.6) is 11.5 Å². The molecule has 1 fully saturated rings. The van der Waals surface area contributed by atoms with E-state index in [-0.39, 0.29) is 11.5 Å². The molecular weight excluding hydrogens is 424 g/mol. The molecule has 0 radical (unpaired) electrons. The van der Waals surface area contributed by atoms with Crippen molar-refractivity contribution in [2.75, 3.05) is 31.1 Å². The minimum absolute atomic E-state index is 0.141.